The van der Waals surface area contributed by atoms with E-state index in [0.29, 0.717) is 30.4 Å². The molecule has 3 aromatic rings. The van der Waals surface area contributed by atoms with Gasteiger partial charge in [-0.15, -0.1) is 0 Å². The maximum Gasteiger partial charge on any atom is 0.290 e. The summed E-state index contributed by atoms with van der Waals surface area (Å²) in [6, 6.07) is 15.5. The second-order valence-electron chi connectivity index (χ2n) is 9.78. The number of rotatable bonds is 5. The number of aromatic nitrogens is 2. The number of halogens is 1. The third kappa shape index (κ3) is 4.31. The summed E-state index contributed by atoms with van der Waals surface area (Å²) in [5, 5.41) is 3.99. The van der Waals surface area contributed by atoms with Crippen LogP contribution in [-0.4, -0.2) is 44.4 Å². The van der Waals surface area contributed by atoms with E-state index >= 15 is 0 Å². The monoisotopic (exact) mass is 478 g/mol. The highest BCUT2D eigenvalue weighted by molar-refractivity contribution is 6.30. The third-order valence-corrected chi connectivity index (χ3v) is 7.62. The lowest BCUT2D eigenvalue weighted by molar-refractivity contribution is -0.133. The Morgan fingerprint density at radius 2 is 1.79 bits per heavy atom. The lowest BCUT2D eigenvalue weighted by Crippen LogP contribution is -2.65. The van der Waals surface area contributed by atoms with Crippen LogP contribution in [0.5, 0.6) is 0 Å². The van der Waals surface area contributed by atoms with Crippen molar-refractivity contribution in [3.63, 3.8) is 0 Å². The molecule has 5 rings (SSSR count). The lowest BCUT2D eigenvalue weighted by atomic mass is 9.93. The fourth-order valence-electron chi connectivity index (χ4n) is 5.34. The first-order valence-electron chi connectivity index (χ1n) is 12.3. The maximum atomic E-state index is 13.8. The van der Waals surface area contributed by atoms with Crippen LogP contribution in [0.1, 0.15) is 61.6 Å². The van der Waals surface area contributed by atoms with Crippen LogP contribution in [0.2, 0.25) is 5.02 Å². The largest absolute Gasteiger partial charge is 0.351 e. The average Bonchev–Trinajstić information content (AvgIpc) is 3.00. The van der Waals surface area contributed by atoms with Crippen LogP contribution < -0.4 is 5.32 Å². The number of benzene rings is 2. The molecule has 2 aromatic carbocycles. The van der Waals surface area contributed by atoms with Crippen molar-refractivity contribution < 1.29 is 9.59 Å². The Hall–Kier alpha value is -2.86. The predicted octanol–water partition coefficient (Wildman–Crippen LogP) is 4.99. The van der Waals surface area contributed by atoms with Crippen molar-refractivity contribution in [2.75, 3.05) is 6.54 Å². The summed E-state index contributed by atoms with van der Waals surface area (Å²) in [4.78, 5) is 34.0. The number of para-hydroxylation sites is 2. The van der Waals surface area contributed by atoms with Gasteiger partial charge in [0, 0.05) is 17.6 Å². The minimum atomic E-state index is -1.01. The molecule has 1 aliphatic carbocycles. The number of imidazole rings is 1. The Morgan fingerprint density at radius 3 is 2.53 bits per heavy atom. The number of fused-ring (bicyclic) bond motifs is 3. The molecule has 1 fully saturated rings. The first-order valence-corrected chi connectivity index (χ1v) is 12.7. The number of hydrogen-bond donors (Lipinski definition) is 1. The predicted molar refractivity (Wildman–Crippen MR) is 134 cm³/mol. The second-order valence-corrected chi connectivity index (χ2v) is 10.2. The van der Waals surface area contributed by atoms with Gasteiger partial charge < -0.3 is 14.8 Å². The molecule has 1 atom stereocenters. The molecule has 1 aliphatic heterocycles. The summed E-state index contributed by atoms with van der Waals surface area (Å²) < 4.78 is 1.92. The number of carbonyl (C=O) groups is 2. The standard InChI is InChI=1S/C27H31ClN4O2/c1-27(26(34)29-21-8-4-2-3-5-9-21)18-31-23-11-7-6-10-22(23)30-24(31)25(33)32(27)17-16-19-12-14-20(28)15-13-19/h6-7,10-15,21H,2-5,8-9,16-18H2,1H3,(H,29,34)/t27-/m1/s1. The molecule has 0 unspecified atom stereocenters. The molecule has 0 bridgehead atoms. The molecule has 178 valence electrons. The van der Waals surface area contributed by atoms with E-state index in [0.717, 1.165) is 42.3 Å². The number of hydrogen-bond acceptors (Lipinski definition) is 3. The molecule has 1 saturated carbocycles. The van der Waals surface area contributed by atoms with Crippen LogP contribution >= 0.6 is 11.6 Å². The molecular weight excluding hydrogens is 448 g/mol. The van der Waals surface area contributed by atoms with Crippen LogP contribution in [0.4, 0.5) is 0 Å². The van der Waals surface area contributed by atoms with Crippen LogP contribution in [0.15, 0.2) is 48.5 Å². The summed E-state index contributed by atoms with van der Waals surface area (Å²) in [6.07, 6.45) is 7.35. The smallest absolute Gasteiger partial charge is 0.290 e. The molecule has 2 aliphatic rings. The summed E-state index contributed by atoms with van der Waals surface area (Å²) in [6.45, 7) is 2.71. The van der Waals surface area contributed by atoms with Crippen LogP contribution in [0.3, 0.4) is 0 Å². The van der Waals surface area contributed by atoms with Gasteiger partial charge in [0.05, 0.1) is 17.6 Å². The van der Waals surface area contributed by atoms with Gasteiger partial charge in [0.1, 0.15) is 5.54 Å². The second kappa shape index (κ2) is 9.41. The van der Waals surface area contributed by atoms with E-state index in [-0.39, 0.29) is 17.9 Å². The van der Waals surface area contributed by atoms with Gasteiger partial charge >= 0.3 is 0 Å². The summed E-state index contributed by atoms with van der Waals surface area (Å²) >= 11 is 6.04. The molecule has 2 heterocycles. The Balaban J connectivity index is 1.47. The van der Waals surface area contributed by atoms with Gasteiger partial charge in [-0.25, -0.2) is 4.98 Å². The van der Waals surface area contributed by atoms with Crippen LogP contribution in [0, 0.1) is 0 Å². The topological polar surface area (TPSA) is 67.2 Å². The summed E-state index contributed by atoms with van der Waals surface area (Å²) in [5.74, 6) is 0.124. The normalized spacial score (nSPS) is 21.4. The van der Waals surface area contributed by atoms with E-state index < -0.39 is 5.54 Å². The van der Waals surface area contributed by atoms with Crippen molar-refractivity contribution >= 4 is 34.4 Å². The van der Waals surface area contributed by atoms with Crippen molar-refractivity contribution in [1.82, 2.24) is 19.8 Å². The van der Waals surface area contributed by atoms with E-state index in [9.17, 15) is 9.59 Å². The van der Waals surface area contributed by atoms with Crippen molar-refractivity contribution in [3.8, 4) is 0 Å². The van der Waals surface area contributed by atoms with Gasteiger partial charge in [-0.1, -0.05) is 61.5 Å². The molecule has 0 radical (unpaired) electrons. The molecule has 1 aromatic heterocycles. The van der Waals surface area contributed by atoms with Crippen molar-refractivity contribution in [1.29, 1.82) is 0 Å². The molecule has 2 amide bonds. The highest BCUT2D eigenvalue weighted by Crippen LogP contribution is 2.31. The van der Waals surface area contributed by atoms with Crippen molar-refractivity contribution in [2.45, 2.75) is 70.0 Å². The average molecular weight is 479 g/mol. The van der Waals surface area contributed by atoms with E-state index in [1.807, 2.05) is 60.0 Å². The number of nitrogens with one attached hydrogen (secondary N) is 1. The van der Waals surface area contributed by atoms with E-state index in [2.05, 4.69) is 10.3 Å². The Morgan fingerprint density at radius 1 is 1.09 bits per heavy atom. The van der Waals surface area contributed by atoms with Crippen LogP contribution in [0.25, 0.3) is 11.0 Å². The molecule has 7 heteroatoms. The zero-order chi connectivity index (χ0) is 23.7. The zero-order valence-corrected chi connectivity index (χ0v) is 20.4. The first-order chi connectivity index (χ1) is 16.5. The van der Waals surface area contributed by atoms with E-state index in [1.165, 1.54) is 12.8 Å². The zero-order valence-electron chi connectivity index (χ0n) is 19.6. The number of nitrogens with zero attached hydrogens (tertiary/aromatic N) is 3. The van der Waals surface area contributed by atoms with Crippen molar-refractivity contribution in [2.24, 2.45) is 0 Å². The van der Waals surface area contributed by atoms with E-state index in [4.69, 9.17) is 11.6 Å². The molecular formula is C27H31ClN4O2. The van der Waals surface area contributed by atoms with Gasteiger partial charge in [0.25, 0.3) is 5.91 Å². The van der Waals surface area contributed by atoms with Gasteiger partial charge in [-0.3, -0.25) is 9.59 Å². The number of carbonyl (C=O) groups excluding carboxylic acids is 2. The minimum Gasteiger partial charge on any atom is -0.351 e. The van der Waals surface area contributed by atoms with Gasteiger partial charge in [-0.05, 0) is 56.0 Å². The highest BCUT2D eigenvalue weighted by atomic mass is 35.5. The summed E-state index contributed by atoms with van der Waals surface area (Å²) in [7, 11) is 0. The summed E-state index contributed by atoms with van der Waals surface area (Å²) in [5.41, 5.74) is 1.73. The Kier molecular flexibility index (Phi) is 6.34. The Labute approximate surface area is 205 Å². The van der Waals surface area contributed by atoms with Gasteiger partial charge in [0.15, 0.2) is 5.82 Å². The highest BCUT2D eigenvalue weighted by Gasteiger charge is 2.48. The quantitative estimate of drug-likeness (QED) is 0.525. The van der Waals surface area contributed by atoms with Crippen LogP contribution in [-0.2, 0) is 17.8 Å². The maximum absolute atomic E-state index is 13.8. The van der Waals surface area contributed by atoms with Gasteiger partial charge in [0.2, 0.25) is 5.91 Å². The third-order valence-electron chi connectivity index (χ3n) is 7.37. The first kappa shape index (κ1) is 22.9. The SMILES string of the molecule is C[C@]1(C(=O)NC2CCCCCC2)Cn2c(nc3ccccc32)C(=O)N1CCc1ccc(Cl)cc1. The van der Waals surface area contributed by atoms with Gasteiger partial charge in [-0.2, -0.15) is 0 Å². The fraction of sp³-hybridized carbons (Fsp3) is 0.444. The Bertz CT molecular complexity index is 1200. The molecule has 34 heavy (non-hydrogen) atoms. The van der Waals surface area contributed by atoms with Crippen molar-refractivity contribution in [3.05, 3.63) is 64.9 Å². The molecule has 0 saturated heterocycles. The molecule has 6 nitrogen and oxygen atoms in total. The molecule has 0 spiro atoms. The lowest BCUT2D eigenvalue weighted by Gasteiger charge is -2.44. The minimum absolute atomic E-state index is 0.0766. The number of amides is 2. The van der Waals surface area contributed by atoms with E-state index in [1.54, 1.807) is 4.90 Å². The fourth-order valence-corrected chi connectivity index (χ4v) is 5.46. The molecule has 1 N–H and O–H groups in total.